The topological polar surface area (TPSA) is 43.1 Å². The monoisotopic (exact) mass is 219 g/mol. The van der Waals surface area contributed by atoms with Gasteiger partial charge in [-0.3, -0.25) is 4.79 Å². The molecular weight excluding hydrogens is 198 g/mol. The second kappa shape index (κ2) is 4.38. The number of hydrogen-bond acceptors (Lipinski definition) is 2. The van der Waals surface area contributed by atoms with Gasteiger partial charge in [0.1, 0.15) is 0 Å². The number of Topliss-reactive ketones (excluding diaryl/α,β-unsaturated/α-hetero) is 1. The summed E-state index contributed by atoms with van der Waals surface area (Å²) in [5, 5.41) is 0. The van der Waals surface area contributed by atoms with E-state index in [4.69, 9.17) is 5.73 Å². The van der Waals surface area contributed by atoms with Gasteiger partial charge < -0.3 is 5.73 Å². The smallest absolute Gasteiger partial charge is 0.164 e. The van der Waals surface area contributed by atoms with E-state index in [0.29, 0.717) is 6.42 Å². The number of carbonyl (C=O) groups is 1. The number of rotatable bonds is 3. The summed E-state index contributed by atoms with van der Waals surface area (Å²) in [6.07, 6.45) is 0.385. The molecule has 0 aliphatic rings. The van der Waals surface area contributed by atoms with Crippen LogP contribution in [-0.2, 0) is 0 Å². The van der Waals surface area contributed by atoms with Gasteiger partial charge in [-0.05, 0) is 57.4 Å². The third-order valence-corrected chi connectivity index (χ3v) is 2.76. The number of carbonyl (C=O) groups excluding carboxylic acids is 1. The van der Waals surface area contributed by atoms with Crippen LogP contribution in [0.4, 0.5) is 0 Å². The number of hydrogen-bond donors (Lipinski definition) is 1. The van der Waals surface area contributed by atoms with Crippen molar-refractivity contribution in [2.24, 2.45) is 5.73 Å². The first-order valence-electron chi connectivity index (χ1n) is 5.60. The van der Waals surface area contributed by atoms with Crippen molar-refractivity contribution in [1.29, 1.82) is 0 Å². The van der Waals surface area contributed by atoms with E-state index >= 15 is 0 Å². The first kappa shape index (κ1) is 12.9. The first-order chi connectivity index (χ1) is 7.20. The molecule has 0 aromatic heterocycles. The van der Waals surface area contributed by atoms with Crippen molar-refractivity contribution < 1.29 is 4.79 Å². The summed E-state index contributed by atoms with van der Waals surface area (Å²) in [6, 6.07) is 4.03. The van der Waals surface area contributed by atoms with E-state index < -0.39 is 5.54 Å². The van der Waals surface area contributed by atoms with Crippen LogP contribution >= 0.6 is 0 Å². The van der Waals surface area contributed by atoms with E-state index in [-0.39, 0.29) is 5.78 Å². The highest BCUT2D eigenvalue weighted by molar-refractivity contribution is 5.98. The number of nitrogens with two attached hydrogens (primary N) is 1. The maximum absolute atomic E-state index is 12.1. The lowest BCUT2D eigenvalue weighted by atomic mass is 9.91. The average Bonchev–Trinajstić information content (AvgIpc) is 2.08. The summed E-state index contributed by atoms with van der Waals surface area (Å²) in [6.45, 7) is 9.81. The Morgan fingerprint density at radius 1 is 1.12 bits per heavy atom. The highest BCUT2D eigenvalue weighted by Gasteiger charge is 2.19. The van der Waals surface area contributed by atoms with Gasteiger partial charge in [-0.1, -0.05) is 6.07 Å². The van der Waals surface area contributed by atoms with Crippen LogP contribution in [0, 0.1) is 20.8 Å². The molecule has 0 spiro atoms. The highest BCUT2D eigenvalue weighted by Crippen LogP contribution is 2.19. The van der Waals surface area contributed by atoms with Crippen LogP contribution in [0.5, 0.6) is 0 Å². The molecule has 0 saturated carbocycles. The molecule has 0 unspecified atom stereocenters. The fraction of sp³-hybridized carbons (Fsp3) is 0.500. The molecule has 1 rings (SSSR count). The van der Waals surface area contributed by atoms with Gasteiger partial charge in [-0.15, -0.1) is 0 Å². The average molecular weight is 219 g/mol. The number of aryl methyl sites for hydroxylation is 3. The standard InChI is InChI=1S/C14H21NO/c1-9-6-11(3)12(7-10(9)2)13(16)8-14(4,5)15/h6-7H,8,15H2,1-5H3. The lowest BCUT2D eigenvalue weighted by Crippen LogP contribution is -2.34. The van der Waals surface area contributed by atoms with Gasteiger partial charge in [-0.25, -0.2) is 0 Å². The lowest BCUT2D eigenvalue weighted by molar-refractivity contribution is 0.0959. The highest BCUT2D eigenvalue weighted by atomic mass is 16.1. The third kappa shape index (κ3) is 3.17. The third-order valence-electron chi connectivity index (χ3n) is 2.76. The molecule has 0 amide bonds. The van der Waals surface area contributed by atoms with Crippen molar-refractivity contribution in [2.75, 3.05) is 0 Å². The molecule has 0 bridgehead atoms. The van der Waals surface area contributed by atoms with Gasteiger partial charge in [-0.2, -0.15) is 0 Å². The van der Waals surface area contributed by atoms with E-state index in [2.05, 4.69) is 13.0 Å². The lowest BCUT2D eigenvalue weighted by Gasteiger charge is -2.18. The van der Waals surface area contributed by atoms with Crippen molar-refractivity contribution in [2.45, 2.75) is 46.6 Å². The number of benzene rings is 1. The van der Waals surface area contributed by atoms with E-state index in [1.807, 2.05) is 33.8 Å². The Kier molecular flexibility index (Phi) is 3.54. The van der Waals surface area contributed by atoms with Crippen molar-refractivity contribution in [1.82, 2.24) is 0 Å². The molecule has 0 aliphatic carbocycles. The van der Waals surface area contributed by atoms with Crippen LogP contribution in [-0.4, -0.2) is 11.3 Å². The van der Waals surface area contributed by atoms with Crippen molar-refractivity contribution in [3.05, 3.63) is 34.4 Å². The van der Waals surface area contributed by atoms with E-state index in [1.165, 1.54) is 5.56 Å². The summed E-state index contributed by atoms with van der Waals surface area (Å²) in [5.74, 6) is 0.133. The predicted molar refractivity (Wildman–Crippen MR) is 67.9 cm³/mol. The normalized spacial score (nSPS) is 11.6. The molecule has 0 saturated heterocycles. The molecule has 1 aromatic carbocycles. The Balaban J connectivity index is 3.05. The summed E-state index contributed by atoms with van der Waals surface area (Å²) < 4.78 is 0. The molecule has 16 heavy (non-hydrogen) atoms. The zero-order chi connectivity index (χ0) is 12.5. The van der Waals surface area contributed by atoms with Crippen LogP contribution in [0.25, 0.3) is 0 Å². The zero-order valence-electron chi connectivity index (χ0n) is 10.8. The van der Waals surface area contributed by atoms with Gasteiger partial charge in [0.05, 0.1) is 0 Å². The molecule has 0 radical (unpaired) electrons. The molecule has 2 N–H and O–H groups in total. The Morgan fingerprint density at radius 2 is 1.62 bits per heavy atom. The molecule has 2 heteroatoms. The summed E-state index contributed by atoms with van der Waals surface area (Å²) in [4.78, 5) is 12.1. The van der Waals surface area contributed by atoms with Crippen LogP contribution in [0.2, 0.25) is 0 Å². The van der Waals surface area contributed by atoms with Gasteiger partial charge in [0.15, 0.2) is 5.78 Å². The van der Waals surface area contributed by atoms with E-state index in [1.54, 1.807) is 0 Å². The van der Waals surface area contributed by atoms with Gasteiger partial charge in [0.2, 0.25) is 0 Å². The minimum atomic E-state index is -0.442. The van der Waals surface area contributed by atoms with Crippen LogP contribution in [0.1, 0.15) is 47.3 Å². The molecule has 2 nitrogen and oxygen atoms in total. The van der Waals surface area contributed by atoms with Crippen LogP contribution < -0.4 is 5.73 Å². The van der Waals surface area contributed by atoms with Crippen molar-refractivity contribution in [3.8, 4) is 0 Å². The zero-order valence-corrected chi connectivity index (χ0v) is 10.8. The fourth-order valence-corrected chi connectivity index (χ4v) is 1.77. The minimum absolute atomic E-state index is 0.133. The quantitative estimate of drug-likeness (QED) is 0.794. The van der Waals surface area contributed by atoms with E-state index in [0.717, 1.165) is 16.7 Å². The fourth-order valence-electron chi connectivity index (χ4n) is 1.77. The summed E-state index contributed by atoms with van der Waals surface area (Å²) >= 11 is 0. The second-order valence-corrected chi connectivity index (χ2v) is 5.34. The Morgan fingerprint density at radius 3 is 2.12 bits per heavy atom. The van der Waals surface area contributed by atoms with Gasteiger partial charge >= 0.3 is 0 Å². The molecule has 0 heterocycles. The molecule has 0 fully saturated rings. The largest absolute Gasteiger partial charge is 0.325 e. The Labute approximate surface area is 97.9 Å². The Bertz CT molecular complexity index is 413. The summed E-state index contributed by atoms with van der Waals surface area (Å²) in [7, 11) is 0. The van der Waals surface area contributed by atoms with E-state index in [9.17, 15) is 4.79 Å². The maximum atomic E-state index is 12.1. The maximum Gasteiger partial charge on any atom is 0.164 e. The Hall–Kier alpha value is -1.15. The first-order valence-corrected chi connectivity index (χ1v) is 5.60. The SMILES string of the molecule is Cc1cc(C)c(C(=O)CC(C)(C)N)cc1C. The van der Waals surface area contributed by atoms with Gasteiger partial charge in [0, 0.05) is 17.5 Å². The van der Waals surface area contributed by atoms with Crippen LogP contribution in [0.15, 0.2) is 12.1 Å². The molecular formula is C14H21NO. The van der Waals surface area contributed by atoms with Gasteiger partial charge in [0.25, 0.3) is 0 Å². The predicted octanol–water partition coefficient (Wildman–Crippen LogP) is 2.92. The molecule has 1 aromatic rings. The van der Waals surface area contributed by atoms with Crippen molar-refractivity contribution in [3.63, 3.8) is 0 Å². The molecule has 0 atom stereocenters. The minimum Gasteiger partial charge on any atom is -0.325 e. The van der Waals surface area contributed by atoms with Crippen LogP contribution in [0.3, 0.4) is 0 Å². The second-order valence-electron chi connectivity index (χ2n) is 5.34. The summed E-state index contributed by atoms with van der Waals surface area (Å²) in [5.41, 5.74) is 9.65. The number of ketones is 1. The van der Waals surface area contributed by atoms with Crippen molar-refractivity contribution >= 4 is 5.78 Å². The molecule has 88 valence electrons. The molecule has 0 aliphatic heterocycles.